The summed E-state index contributed by atoms with van der Waals surface area (Å²) in [5.74, 6) is 0. The summed E-state index contributed by atoms with van der Waals surface area (Å²) >= 11 is -2.28. The van der Waals surface area contributed by atoms with Crippen molar-refractivity contribution in [3.8, 4) is 0 Å². The molecular formula is C6H7NO5S2. The summed E-state index contributed by atoms with van der Waals surface area (Å²) < 4.78 is 50.8. The van der Waals surface area contributed by atoms with E-state index in [9.17, 15) is 12.6 Å². The lowest BCUT2D eigenvalue weighted by molar-refractivity contribution is 0.483. The van der Waals surface area contributed by atoms with E-state index in [0.29, 0.717) is 0 Å². The van der Waals surface area contributed by atoms with Crippen LogP contribution in [0.15, 0.2) is 29.2 Å². The highest BCUT2D eigenvalue weighted by Gasteiger charge is 2.09. The Bertz CT molecular complexity index is 455. The molecule has 1 rings (SSSR count). The van der Waals surface area contributed by atoms with E-state index in [4.69, 9.17) is 9.11 Å². The second-order valence-electron chi connectivity index (χ2n) is 2.35. The van der Waals surface area contributed by atoms with E-state index in [1.807, 2.05) is 0 Å². The van der Waals surface area contributed by atoms with Crippen molar-refractivity contribution in [2.24, 2.45) is 0 Å². The van der Waals surface area contributed by atoms with Gasteiger partial charge >= 0.3 is 0 Å². The fourth-order valence-corrected chi connectivity index (χ4v) is 1.68. The lowest BCUT2D eigenvalue weighted by atomic mass is 10.3. The molecule has 1 aromatic rings. The smallest absolute Gasteiger partial charge is 0.289 e. The fourth-order valence-electron chi connectivity index (χ4n) is 0.821. The van der Waals surface area contributed by atoms with Crippen molar-refractivity contribution in [3.05, 3.63) is 24.3 Å². The zero-order valence-corrected chi connectivity index (χ0v) is 8.38. The van der Waals surface area contributed by atoms with Gasteiger partial charge in [0.05, 0.1) is 4.90 Å². The molecule has 0 fully saturated rings. The molecule has 0 aliphatic carbocycles. The van der Waals surface area contributed by atoms with E-state index < -0.39 is 21.4 Å². The third-order valence-electron chi connectivity index (χ3n) is 1.34. The Labute approximate surface area is 83.1 Å². The molecule has 1 aromatic carbocycles. The number of anilines is 1. The molecule has 14 heavy (non-hydrogen) atoms. The van der Waals surface area contributed by atoms with Crippen LogP contribution in [0.2, 0.25) is 0 Å². The van der Waals surface area contributed by atoms with Crippen LogP contribution < -0.4 is 4.72 Å². The van der Waals surface area contributed by atoms with Gasteiger partial charge in [-0.15, -0.1) is 0 Å². The van der Waals surface area contributed by atoms with E-state index in [1.165, 1.54) is 18.2 Å². The molecule has 0 bridgehead atoms. The maximum Gasteiger partial charge on any atom is 0.294 e. The first-order chi connectivity index (χ1) is 6.39. The molecular weight excluding hydrogens is 230 g/mol. The second kappa shape index (κ2) is 4.05. The van der Waals surface area contributed by atoms with Gasteiger partial charge in [-0.2, -0.15) is 8.42 Å². The molecule has 0 heterocycles. The molecule has 3 N–H and O–H groups in total. The maximum atomic E-state index is 10.7. The fraction of sp³-hybridized carbons (Fsp3) is 0. The van der Waals surface area contributed by atoms with Crippen LogP contribution in [0.3, 0.4) is 0 Å². The van der Waals surface area contributed by atoms with Gasteiger partial charge in [-0.05, 0) is 18.2 Å². The van der Waals surface area contributed by atoms with Crippen molar-refractivity contribution in [2.45, 2.75) is 4.90 Å². The van der Waals surface area contributed by atoms with Crippen molar-refractivity contribution >= 4 is 27.1 Å². The molecule has 1 unspecified atom stereocenters. The van der Waals surface area contributed by atoms with Gasteiger partial charge < -0.3 is 0 Å². The predicted molar refractivity (Wildman–Crippen MR) is 50.7 cm³/mol. The second-order valence-corrected chi connectivity index (χ2v) is 4.48. The SMILES string of the molecule is O=S(O)Nc1cccc(S(=O)(=O)O)c1. The van der Waals surface area contributed by atoms with Gasteiger partial charge in [-0.1, -0.05) is 6.07 Å². The van der Waals surface area contributed by atoms with E-state index >= 15 is 0 Å². The van der Waals surface area contributed by atoms with Crippen LogP contribution in [0.4, 0.5) is 5.69 Å². The Balaban J connectivity index is 3.08. The Hall–Kier alpha value is -0.960. The molecule has 0 aliphatic rings. The first-order valence-electron chi connectivity index (χ1n) is 3.34. The molecule has 0 saturated heterocycles. The van der Waals surface area contributed by atoms with Gasteiger partial charge in [-0.25, -0.2) is 4.21 Å². The summed E-state index contributed by atoms with van der Waals surface area (Å²) in [7, 11) is -4.28. The average molecular weight is 237 g/mol. The largest absolute Gasteiger partial charge is 0.294 e. The van der Waals surface area contributed by atoms with Crippen molar-refractivity contribution in [1.29, 1.82) is 0 Å². The molecule has 0 spiro atoms. The van der Waals surface area contributed by atoms with Crippen LogP contribution in [0.1, 0.15) is 0 Å². The normalized spacial score (nSPS) is 13.6. The molecule has 1 atom stereocenters. The summed E-state index contributed by atoms with van der Waals surface area (Å²) in [5.41, 5.74) is 0.126. The Morgan fingerprint density at radius 3 is 2.50 bits per heavy atom. The minimum atomic E-state index is -4.28. The van der Waals surface area contributed by atoms with Gasteiger partial charge in [-0.3, -0.25) is 13.8 Å². The topological polar surface area (TPSA) is 104 Å². The monoisotopic (exact) mass is 237 g/mol. The summed E-state index contributed by atoms with van der Waals surface area (Å²) in [5, 5.41) is 0. The minimum absolute atomic E-state index is 0.126. The Morgan fingerprint density at radius 1 is 1.36 bits per heavy atom. The summed E-state index contributed by atoms with van der Waals surface area (Å²) in [4.78, 5) is -0.340. The van der Waals surface area contributed by atoms with Gasteiger partial charge in [0.2, 0.25) is 0 Å². The lowest BCUT2D eigenvalue weighted by Crippen LogP contribution is -2.03. The Kier molecular flexibility index (Phi) is 3.21. The third kappa shape index (κ3) is 3.07. The zero-order chi connectivity index (χ0) is 10.8. The summed E-state index contributed by atoms with van der Waals surface area (Å²) in [6.07, 6.45) is 0. The van der Waals surface area contributed by atoms with Gasteiger partial charge in [0, 0.05) is 5.69 Å². The third-order valence-corrected chi connectivity index (χ3v) is 2.60. The summed E-state index contributed by atoms with van der Waals surface area (Å²) in [6, 6.07) is 4.94. The molecule has 0 radical (unpaired) electrons. The lowest BCUT2D eigenvalue weighted by Gasteiger charge is -2.02. The van der Waals surface area contributed by atoms with Crippen molar-refractivity contribution in [2.75, 3.05) is 4.72 Å². The first-order valence-corrected chi connectivity index (χ1v) is 5.89. The van der Waals surface area contributed by atoms with Crippen LogP contribution in [-0.2, 0) is 21.4 Å². The molecule has 8 heteroatoms. The maximum absolute atomic E-state index is 10.7. The van der Waals surface area contributed by atoms with Gasteiger partial charge in [0.15, 0.2) is 0 Å². The van der Waals surface area contributed by atoms with Crippen molar-refractivity contribution < 1.29 is 21.7 Å². The van der Waals surface area contributed by atoms with Gasteiger partial charge in [0.25, 0.3) is 21.4 Å². The quantitative estimate of drug-likeness (QED) is 0.524. The highest BCUT2D eigenvalue weighted by molar-refractivity contribution is 7.85. The van der Waals surface area contributed by atoms with Crippen LogP contribution in [0.5, 0.6) is 0 Å². The molecule has 0 aromatic heterocycles. The van der Waals surface area contributed by atoms with Crippen molar-refractivity contribution in [3.63, 3.8) is 0 Å². The van der Waals surface area contributed by atoms with Crippen molar-refractivity contribution in [1.82, 2.24) is 0 Å². The molecule has 78 valence electrons. The molecule has 0 aliphatic heterocycles. The van der Waals surface area contributed by atoms with Crippen LogP contribution in [0, 0.1) is 0 Å². The standard InChI is InChI=1S/C6H7NO5S2/c8-13(9)7-5-2-1-3-6(4-5)14(10,11)12/h1-4,7H,(H,8,9)(H,10,11,12). The number of rotatable bonds is 3. The van der Waals surface area contributed by atoms with E-state index in [1.54, 1.807) is 0 Å². The van der Waals surface area contributed by atoms with Crippen LogP contribution >= 0.6 is 0 Å². The highest BCUT2D eigenvalue weighted by atomic mass is 32.2. The number of hydrogen-bond donors (Lipinski definition) is 3. The Morgan fingerprint density at radius 2 is 2.00 bits per heavy atom. The van der Waals surface area contributed by atoms with E-state index in [0.717, 1.165) is 6.07 Å². The number of nitrogens with one attached hydrogen (secondary N) is 1. The van der Waals surface area contributed by atoms with E-state index in [2.05, 4.69) is 4.72 Å². The number of benzene rings is 1. The summed E-state index contributed by atoms with van der Waals surface area (Å²) in [6.45, 7) is 0. The van der Waals surface area contributed by atoms with Crippen LogP contribution in [-0.4, -0.2) is 21.7 Å². The molecule has 0 saturated carbocycles. The molecule has 6 nitrogen and oxygen atoms in total. The minimum Gasteiger partial charge on any atom is -0.289 e. The number of hydrogen-bond acceptors (Lipinski definition) is 3. The first kappa shape index (κ1) is 11.1. The zero-order valence-electron chi connectivity index (χ0n) is 6.75. The average Bonchev–Trinajstić information content (AvgIpc) is 2.01. The van der Waals surface area contributed by atoms with E-state index in [-0.39, 0.29) is 10.6 Å². The molecule has 0 amide bonds. The van der Waals surface area contributed by atoms with Gasteiger partial charge in [0.1, 0.15) is 0 Å². The van der Waals surface area contributed by atoms with Crippen LogP contribution in [0.25, 0.3) is 0 Å². The highest BCUT2D eigenvalue weighted by Crippen LogP contribution is 2.14. The predicted octanol–water partition coefficient (Wildman–Crippen LogP) is 0.482.